The lowest BCUT2D eigenvalue weighted by molar-refractivity contribution is 0.0642. The smallest absolute Gasteiger partial charge is 0.253 e. The van der Waals surface area contributed by atoms with Gasteiger partial charge in [0.1, 0.15) is 5.82 Å². The van der Waals surface area contributed by atoms with Gasteiger partial charge < -0.3 is 9.47 Å². The maximum Gasteiger partial charge on any atom is 0.253 e. The number of hydrogen-bond acceptors (Lipinski definition) is 3. The number of amides is 1. The number of benzene rings is 3. The van der Waals surface area contributed by atoms with Crippen molar-refractivity contribution in [2.24, 2.45) is 0 Å². The van der Waals surface area contributed by atoms with E-state index in [1.807, 2.05) is 30.3 Å². The molecule has 0 aliphatic carbocycles. The molecule has 3 aliphatic rings. The zero-order chi connectivity index (χ0) is 27.8. The fraction of sp³-hybridized carbons (Fsp3) is 0.444. The van der Waals surface area contributed by atoms with Crippen LogP contribution in [0.15, 0.2) is 84.9 Å². The first kappa shape index (κ1) is 26.5. The van der Waals surface area contributed by atoms with Crippen molar-refractivity contribution >= 4 is 16.9 Å². The molecular weight excluding hydrogens is 504 g/mol. The highest BCUT2D eigenvalue weighted by molar-refractivity contribution is 5.94. The molecule has 3 aliphatic heterocycles. The third-order valence-electron chi connectivity index (χ3n) is 10.5. The molecule has 41 heavy (non-hydrogen) atoms. The number of aryl methyl sites for hydroxylation is 1. The normalized spacial score (nSPS) is 24.1. The fourth-order valence-corrected chi connectivity index (χ4v) is 8.42. The van der Waals surface area contributed by atoms with Gasteiger partial charge in [-0.25, -0.2) is 4.98 Å². The van der Waals surface area contributed by atoms with Crippen LogP contribution in [0.25, 0.3) is 11.0 Å². The standard InChI is InChI=1S/C36H42N4O/c1-27-37-33-15-8-9-16-34(33)40(27)32-25-30-17-18-31(26-32)39(30)22-10-19-36(29-13-6-3-7-14-29)20-23-38(24-21-36)35(41)28-11-4-2-5-12-28/h2-9,11-16,30-32H,10,17-26H2,1H3/t30-,31-/m1/s1. The summed E-state index contributed by atoms with van der Waals surface area (Å²) in [5, 5.41) is 0. The molecule has 3 fully saturated rings. The fourth-order valence-electron chi connectivity index (χ4n) is 8.42. The van der Waals surface area contributed by atoms with E-state index < -0.39 is 0 Å². The van der Waals surface area contributed by atoms with Crippen LogP contribution in [0.5, 0.6) is 0 Å². The predicted molar refractivity (Wildman–Crippen MR) is 165 cm³/mol. The molecule has 4 heterocycles. The molecule has 1 amide bonds. The zero-order valence-corrected chi connectivity index (χ0v) is 24.3. The Morgan fingerprint density at radius 2 is 1.46 bits per heavy atom. The van der Waals surface area contributed by atoms with Crippen LogP contribution in [0.4, 0.5) is 0 Å². The number of hydrogen-bond donors (Lipinski definition) is 0. The second kappa shape index (κ2) is 11.1. The van der Waals surface area contributed by atoms with Gasteiger partial charge in [0.2, 0.25) is 0 Å². The molecule has 2 atom stereocenters. The van der Waals surface area contributed by atoms with Crippen LogP contribution in [0.3, 0.4) is 0 Å². The number of piperidine rings is 2. The summed E-state index contributed by atoms with van der Waals surface area (Å²) >= 11 is 0. The van der Waals surface area contributed by atoms with Crippen molar-refractivity contribution in [1.29, 1.82) is 0 Å². The van der Waals surface area contributed by atoms with E-state index in [2.05, 4.69) is 75.9 Å². The van der Waals surface area contributed by atoms with E-state index in [4.69, 9.17) is 4.98 Å². The van der Waals surface area contributed by atoms with E-state index in [1.165, 1.54) is 56.1 Å². The Morgan fingerprint density at radius 1 is 0.829 bits per heavy atom. The summed E-state index contributed by atoms with van der Waals surface area (Å²) in [5.41, 5.74) is 4.83. The predicted octanol–water partition coefficient (Wildman–Crippen LogP) is 7.17. The van der Waals surface area contributed by atoms with Crippen LogP contribution in [-0.2, 0) is 5.41 Å². The van der Waals surface area contributed by atoms with Crippen LogP contribution in [-0.4, -0.2) is 57.0 Å². The monoisotopic (exact) mass is 546 g/mol. The number of nitrogens with zero attached hydrogens (tertiary/aromatic N) is 4. The summed E-state index contributed by atoms with van der Waals surface area (Å²) in [7, 11) is 0. The van der Waals surface area contributed by atoms with Crippen molar-refractivity contribution in [2.75, 3.05) is 19.6 Å². The van der Waals surface area contributed by atoms with Gasteiger partial charge in [-0.05, 0) is 100 Å². The first-order valence-corrected chi connectivity index (χ1v) is 15.7. The molecular formula is C36H42N4O. The average Bonchev–Trinajstić information content (AvgIpc) is 3.48. The van der Waals surface area contributed by atoms with Gasteiger partial charge in [0.15, 0.2) is 0 Å². The molecule has 212 valence electrons. The number of imidazole rings is 1. The van der Waals surface area contributed by atoms with Gasteiger partial charge in [-0.2, -0.15) is 0 Å². The van der Waals surface area contributed by atoms with E-state index in [0.717, 1.165) is 42.8 Å². The number of fused-ring (bicyclic) bond motifs is 3. The van der Waals surface area contributed by atoms with Crippen molar-refractivity contribution in [3.8, 4) is 0 Å². The third kappa shape index (κ3) is 4.99. The topological polar surface area (TPSA) is 41.4 Å². The average molecular weight is 547 g/mol. The molecule has 3 aromatic carbocycles. The molecule has 2 bridgehead atoms. The van der Waals surface area contributed by atoms with Crippen molar-refractivity contribution < 1.29 is 4.79 Å². The Labute approximate surface area is 244 Å². The second-order valence-electron chi connectivity index (χ2n) is 12.7. The van der Waals surface area contributed by atoms with Crippen molar-refractivity contribution in [2.45, 2.75) is 81.8 Å². The maximum absolute atomic E-state index is 13.2. The first-order chi connectivity index (χ1) is 20.1. The molecule has 0 spiro atoms. The van der Waals surface area contributed by atoms with Crippen LogP contribution >= 0.6 is 0 Å². The summed E-state index contributed by atoms with van der Waals surface area (Å²) in [6.07, 6.45) is 9.60. The lowest BCUT2D eigenvalue weighted by Crippen LogP contribution is -2.46. The highest BCUT2D eigenvalue weighted by atomic mass is 16.2. The minimum atomic E-state index is 0.152. The largest absolute Gasteiger partial charge is 0.339 e. The quantitative estimate of drug-likeness (QED) is 0.247. The van der Waals surface area contributed by atoms with Crippen LogP contribution in [0.2, 0.25) is 0 Å². The molecule has 0 saturated carbocycles. The Morgan fingerprint density at radius 3 is 2.17 bits per heavy atom. The van der Waals surface area contributed by atoms with Gasteiger partial charge in [-0.1, -0.05) is 60.7 Å². The summed E-state index contributed by atoms with van der Waals surface area (Å²) in [4.78, 5) is 23.0. The Hall–Kier alpha value is -3.44. The van der Waals surface area contributed by atoms with E-state index in [9.17, 15) is 4.79 Å². The first-order valence-electron chi connectivity index (χ1n) is 15.7. The van der Waals surface area contributed by atoms with Gasteiger partial charge in [-0.15, -0.1) is 0 Å². The minimum absolute atomic E-state index is 0.152. The van der Waals surface area contributed by atoms with Crippen molar-refractivity contribution in [1.82, 2.24) is 19.4 Å². The van der Waals surface area contributed by atoms with E-state index in [0.29, 0.717) is 18.1 Å². The number of aromatic nitrogens is 2. The Bertz CT molecular complexity index is 1470. The highest BCUT2D eigenvalue weighted by Gasteiger charge is 2.42. The molecule has 0 N–H and O–H groups in total. The molecule has 0 unspecified atom stereocenters. The van der Waals surface area contributed by atoms with Crippen molar-refractivity contribution in [3.63, 3.8) is 0 Å². The minimum Gasteiger partial charge on any atom is -0.339 e. The summed E-state index contributed by atoms with van der Waals surface area (Å²) in [6.45, 7) is 5.03. The van der Waals surface area contributed by atoms with Crippen LogP contribution in [0.1, 0.15) is 79.2 Å². The molecule has 0 radical (unpaired) electrons. The van der Waals surface area contributed by atoms with Gasteiger partial charge in [0, 0.05) is 36.8 Å². The van der Waals surface area contributed by atoms with Gasteiger partial charge in [0.25, 0.3) is 5.91 Å². The summed E-state index contributed by atoms with van der Waals surface area (Å²) in [5.74, 6) is 1.33. The number of para-hydroxylation sites is 2. The van der Waals surface area contributed by atoms with Gasteiger partial charge in [-0.3, -0.25) is 9.69 Å². The lowest BCUT2D eigenvalue weighted by atomic mass is 9.69. The van der Waals surface area contributed by atoms with Crippen LogP contribution in [0, 0.1) is 6.92 Å². The lowest BCUT2D eigenvalue weighted by Gasteiger charge is -2.44. The number of carbonyl (C=O) groups excluding carboxylic acids is 1. The zero-order valence-electron chi connectivity index (χ0n) is 24.3. The number of likely N-dealkylation sites (tertiary alicyclic amines) is 1. The molecule has 7 rings (SSSR count). The maximum atomic E-state index is 13.2. The molecule has 5 heteroatoms. The van der Waals surface area contributed by atoms with E-state index in [-0.39, 0.29) is 11.3 Å². The molecule has 5 nitrogen and oxygen atoms in total. The van der Waals surface area contributed by atoms with E-state index in [1.54, 1.807) is 0 Å². The van der Waals surface area contributed by atoms with Crippen molar-refractivity contribution in [3.05, 3.63) is 102 Å². The summed E-state index contributed by atoms with van der Waals surface area (Å²) in [6, 6.07) is 31.4. The molecule has 4 aromatic rings. The second-order valence-corrected chi connectivity index (χ2v) is 12.7. The highest BCUT2D eigenvalue weighted by Crippen LogP contribution is 2.44. The third-order valence-corrected chi connectivity index (χ3v) is 10.5. The molecule has 1 aromatic heterocycles. The number of carbonyl (C=O) groups is 1. The Kier molecular flexibility index (Phi) is 7.16. The summed E-state index contributed by atoms with van der Waals surface area (Å²) < 4.78 is 2.53. The van der Waals surface area contributed by atoms with E-state index >= 15 is 0 Å². The Balaban J connectivity index is 1.02. The van der Waals surface area contributed by atoms with Gasteiger partial charge in [0.05, 0.1) is 11.0 Å². The van der Waals surface area contributed by atoms with Crippen LogP contribution < -0.4 is 0 Å². The van der Waals surface area contributed by atoms with Gasteiger partial charge >= 0.3 is 0 Å². The number of rotatable bonds is 7. The molecule has 3 saturated heterocycles. The SMILES string of the molecule is Cc1nc2ccccc2n1C1C[C@H]2CC[C@H](C1)N2CCCC1(c2ccccc2)CCN(C(=O)c2ccccc2)CC1.